The van der Waals surface area contributed by atoms with Crippen molar-refractivity contribution in [3.63, 3.8) is 0 Å². The van der Waals surface area contributed by atoms with Crippen molar-refractivity contribution in [1.82, 2.24) is 14.2 Å². The Morgan fingerprint density at radius 3 is 2.46 bits per heavy atom. The van der Waals surface area contributed by atoms with Crippen molar-refractivity contribution in [2.45, 2.75) is 25.3 Å². The minimum atomic E-state index is -3.61. The molecule has 1 amide bonds. The molecule has 0 spiro atoms. The Morgan fingerprint density at radius 2 is 1.79 bits per heavy atom. The molecule has 3 aromatic rings. The van der Waals surface area contributed by atoms with E-state index < -0.39 is 10.0 Å². The standard InChI is InChI=1S/C20H23N3O3S2/c1-4-23(5-2)28(25,26)16-10-8-9-15(13-16)20(24)22(3)14-19-21-17-11-6-7-12-18(17)27-19/h6-13H,4-5,14H2,1-3H3. The van der Waals surface area contributed by atoms with Crippen molar-refractivity contribution in [1.29, 1.82) is 0 Å². The van der Waals surface area contributed by atoms with Gasteiger partial charge in [-0.15, -0.1) is 11.3 Å². The monoisotopic (exact) mass is 417 g/mol. The highest BCUT2D eigenvalue weighted by Crippen LogP contribution is 2.23. The van der Waals surface area contributed by atoms with Crippen LogP contribution in [0.3, 0.4) is 0 Å². The number of thiazole rings is 1. The summed E-state index contributed by atoms with van der Waals surface area (Å²) in [5.74, 6) is -0.240. The van der Waals surface area contributed by atoms with Gasteiger partial charge in [-0.25, -0.2) is 13.4 Å². The number of carbonyl (C=O) groups excluding carboxylic acids is 1. The lowest BCUT2D eigenvalue weighted by Crippen LogP contribution is -2.31. The van der Waals surface area contributed by atoms with Gasteiger partial charge in [-0.3, -0.25) is 4.79 Å². The van der Waals surface area contributed by atoms with E-state index in [1.807, 2.05) is 24.3 Å². The Bertz CT molecular complexity index is 1060. The fraction of sp³-hybridized carbons (Fsp3) is 0.300. The highest BCUT2D eigenvalue weighted by atomic mass is 32.2. The molecule has 0 aliphatic carbocycles. The first-order chi connectivity index (χ1) is 13.4. The molecule has 0 saturated heterocycles. The summed E-state index contributed by atoms with van der Waals surface area (Å²) in [4.78, 5) is 19.1. The maximum absolute atomic E-state index is 12.8. The Labute approximate surface area is 169 Å². The molecule has 1 aromatic heterocycles. The van der Waals surface area contributed by atoms with E-state index in [0.717, 1.165) is 15.2 Å². The number of hydrogen-bond donors (Lipinski definition) is 0. The average molecular weight is 418 g/mol. The normalized spacial score (nSPS) is 11.9. The molecule has 0 aliphatic rings. The second-order valence-electron chi connectivity index (χ2n) is 6.35. The molecule has 0 bridgehead atoms. The van der Waals surface area contributed by atoms with Gasteiger partial charge in [0.1, 0.15) is 5.01 Å². The molecule has 1 heterocycles. The molecule has 2 aromatic carbocycles. The van der Waals surface area contributed by atoms with E-state index in [-0.39, 0.29) is 10.8 Å². The highest BCUT2D eigenvalue weighted by Gasteiger charge is 2.23. The van der Waals surface area contributed by atoms with Crippen molar-refractivity contribution in [3.05, 3.63) is 59.1 Å². The predicted molar refractivity (Wildman–Crippen MR) is 112 cm³/mol. The molecule has 148 valence electrons. The van der Waals surface area contributed by atoms with Gasteiger partial charge in [0.25, 0.3) is 5.91 Å². The molecule has 8 heteroatoms. The van der Waals surface area contributed by atoms with E-state index in [4.69, 9.17) is 0 Å². The summed E-state index contributed by atoms with van der Waals surface area (Å²) in [6.45, 7) is 4.72. The van der Waals surface area contributed by atoms with Crippen LogP contribution >= 0.6 is 11.3 Å². The predicted octanol–water partition coefficient (Wildman–Crippen LogP) is 3.60. The maximum Gasteiger partial charge on any atom is 0.254 e. The van der Waals surface area contributed by atoms with Gasteiger partial charge in [0.2, 0.25) is 10.0 Å². The smallest absolute Gasteiger partial charge is 0.254 e. The van der Waals surface area contributed by atoms with Crippen LogP contribution in [0.4, 0.5) is 0 Å². The lowest BCUT2D eigenvalue weighted by molar-refractivity contribution is 0.0785. The third-order valence-electron chi connectivity index (χ3n) is 4.48. The van der Waals surface area contributed by atoms with Crippen LogP contribution < -0.4 is 0 Å². The fourth-order valence-corrected chi connectivity index (χ4v) is 5.51. The Balaban J connectivity index is 1.82. The number of aromatic nitrogens is 1. The average Bonchev–Trinajstić information content (AvgIpc) is 3.10. The zero-order valence-corrected chi connectivity index (χ0v) is 17.8. The Hall–Kier alpha value is -2.29. The van der Waals surface area contributed by atoms with Crippen molar-refractivity contribution < 1.29 is 13.2 Å². The Kier molecular flexibility index (Phi) is 6.12. The molecule has 0 atom stereocenters. The minimum absolute atomic E-state index is 0.135. The summed E-state index contributed by atoms with van der Waals surface area (Å²) in [5.41, 5.74) is 1.26. The van der Waals surface area contributed by atoms with Gasteiger partial charge in [-0.05, 0) is 30.3 Å². The Morgan fingerprint density at radius 1 is 1.07 bits per heavy atom. The van der Waals surface area contributed by atoms with Crippen molar-refractivity contribution in [2.24, 2.45) is 0 Å². The number of rotatable bonds is 7. The fourth-order valence-electron chi connectivity index (χ4n) is 2.98. The summed E-state index contributed by atoms with van der Waals surface area (Å²) >= 11 is 1.55. The number of nitrogens with zero attached hydrogens (tertiary/aromatic N) is 3. The zero-order chi connectivity index (χ0) is 20.3. The topological polar surface area (TPSA) is 70.6 Å². The van der Waals surface area contributed by atoms with Crippen LogP contribution in [0.25, 0.3) is 10.2 Å². The molecule has 3 rings (SSSR count). The van der Waals surface area contributed by atoms with Gasteiger partial charge in [0.15, 0.2) is 0 Å². The summed E-state index contributed by atoms with van der Waals surface area (Å²) in [6, 6.07) is 14.1. The number of hydrogen-bond acceptors (Lipinski definition) is 5. The molecule has 0 aliphatic heterocycles. The van der Waals surface area contributed by atoms with Crippen molar-refractivity contribution in [3.8, 4) is 0 Å². The summed E-state index contributed by atoms with van der Waals surface area (Å²) < 4.78 is 27.9. The summed E-state index contributed by atoms with van der Waals surface area (Å²) in [7, 11) is -1.91. The van der Waals surface area contributed by atoms with E-state index in [2.05, 4.69) is 4.98 Å². The molecule has 28 heavy (non-hydrogen) atoms. The quantitative estimate of drug-likeness (QED) is 0.589. The van der Waals surface area contributed by atoms with Crippen LogP contribution in [0.5, 0.6) is 0 Å². The van der Waals surface area contributed by atoms with Crippen molar-refractivity contribution in [2.75, 3.05) is 20.1 Å². The van der Waals surface area contributed by atoms with Gasteiger partial charge >= 0.3 is 0 Å². The van der Waals surface area contributed by atoms with E-state index in [0.29, 0.717) is 25.2 Å². The van der Waals surface area contributed by atoms with Crippen LogP contribution in [0.2, 0.25) is 0 Å². The molecular formula is C20H23N3O3S2. The summed E-state index contributed by atoms with van der Waals surface area (Å²) in [5, 5.41) is 0.837. The first-order valence-electron chi connectivity index (χ1n) is 9.07. The third kappa shape index (κ3) is 4.09. The van der Waals surface area contributed by atoms with E-state index in [1.165, 1.54) is 16.4 Å². The van der Waals surface area contributed by atoms with E-state index in [1.54, 1.807) is 49.3 Å². The molecule has 0 fully saturated rings. The minimum Gasteiger partial charge on any atom is -0.335 e. The van der Waals surface area contributed by atoms with Crippen LogP contribution in [-0.2, 0) is 16.6 Å². The molecular weight excluding hydrogens is 394 g/mol. The maximum atomic E-state index is 12.8. The first kappa shape index (κ1) is 20.4. The molecule has 6 nitrogen and oxygen atoms in total. The molecule has 0 unspecified atom stereocenters. The number of benzene rings is 2. The second kappa shape index (κ2) is 8.38. The molecule has 0 radical (unpaired) electrons. The largest absolute Gasteiger partial charge is 0.335 e. The number of amides is 1. The van der Waals surface area contributed by atoms with Gasteiger partial charge in [0, 0.05) is 25.7 Å². The number of fused-ring (bicyclic) bond motifs is 1. The van der Waals surface area contributed by atoms with Gasteiger partial charge in [-0.2, -0.15) is 4.31 Å². The third-order valence-corrected chi connectivity index (χ3v) is 7.55. The number of carbonyl (C=O) groups is 1. The second-order valence-corrected chi connectivity index (χ2v) is 9.41. The van der Waals surface area contributed by atoms with Crippen LogP contribution in [0.15, 0.2) is 53.4 Å². The van der Waals surface area contributed by atoms with Crippen molar-refractivity contribution >= 4 is 37.5 Å². The van der Waals surface area contributed by atoms with Gasteiger partial charge in [-0.1, -0.05) is 32.0 Å². The number of sulfonamides is 1. The van der Waals surface area contributed by atoms with E-state index >= 15 is 0 Å². The SMILES string of the molecule is CCN(CC)S(=O)(=O)c1cccc(C(=O)N(C)Cc2nc3ccccc3s2)c1. The number of para-hydroxylation sites is 1. The molecule has 0 N–H and O–H groups in total. The highest BCUT2D eigenvalue weighted by molar-refractivity contribution is 7.89. The van der Waals surface area contributed by atoms with Crippen LogP contribution in [-0.4, -0.2) is 48.7 Å². The lowest BCUT2D eigenvalue weighted by atomic mass is 10.2. The van der Waals surface area contributed by atoms with Gasteiger partial charge < -0.3 is 4.90 Å². The van der Waals surface area contributed by atoms with Crippen LogP contribution in [0, 0.1) is 0 Å². The molecule has 0 saturated carbocycles. The van der Waals surface area contributed by atoms with Crippen LogP contribution in [0.1, 0.15) is 29.2 Å². The first-order valence-corrected chi connectivity index (χ1v) is 11.3. The van der Waals surface area contributed by atoms with E-state index in [9.17, 15) is 13.2 Å². The zero-order valence-electron chi connectivity index (χ0n) is 16.1. The summed E-state index contributed by atoms with van der Waals surface area (Å²) in [6.07, 6.45) is 0. The lowest BCUT2D eigenvalue weighted by Gasteiger charge is -2.20. The van der Waals surface area contributed by atoms with Gasteiger partial charge in [0.05, 0.1) is 21.7 Å².